The number of hydrogen-bond donors (Lipinski definition) is 1. The molecule has 14 heavy (non-hydrogen) atoms. The lowest BCUT2D eigenvalue weighted by Gasteiger charge is -1.99. The SMILES string of the molecule is Cn1ncc(C(=O)O)c1-c1ccsc1. The number of aromatic nitrogens is 2. The Bertz CT molecular complexity index is 459. The second-order valence-corrected chi connectivity index (χ2v) is 3.63. The zero-order chi connectivity index (χ0) is 10.1. The van der Waals surface area contributed by atoms with Gasteiger partial charge in [0.05, 0.1) is 11.9 Å². The lowest BCUT2D eigenvalue weighted by atomic mass is 10.1. The van der Waals surface area contributed by atoms with Crippen molar-refractivity contribution >= 4 is 17.3 Å². The summed E-state index contributed by atoms with van der Waals surface area (Å²) in [6.07, 6.45) is 1.37. The number of carboxylic acid groups (broad SMARTS) is 1. The molecule has 0 radical (unpaired) electrons. The smallest absolute Gasteiger partial charge is 0.339 e. The predicted molar refractivity (Wildman–Crippen MR) is 53.5 cm³/mol. The molecule has 0 saturated heterocycles. The van der Waals surface area contributed by atoms with Crippen molar-refractivity contribution in [3.05, 3.63) is 28.6 Å². The molecule has 4 nitrogen and oxygen atoms in total. The van der Waals surface area contributed by atoms with Gasteiger partial charge in [0.2, 0.25) is 0 Å². The van der Waals surface area contributed by atoms with E-state index in [2.05, 4.69) is 5.10 Å². The van der Waals surface area contributed by atoms with Crippen LogP contribution in [0.3, 0.4) is 0 Å². The highest BCUT2D eigenvalue weighted by molar-refractivity contribution is 7.08. The largest absolute Gasteiger partial charge is 0.478 e. The summed E-state index contributed by atoms with van der Waals surface area (Å²) in [6.45, 7) is 0. The molecule has 2 aromatic rings. The average Bonchev–Trinajstić information content (AvgIpc) is 2.71. The van der Waals surface area contributed by atoms with E-state index in [9.17, 15) is 4.79 Å². The van der Waals surface area contributed by atoms with E-state index in [0.29, 0.717) is 5.69 Å². The third kappa shape index (κ3) is 1.31. The van der Waals surface area contributed by atoms with Gasteiger partial charge in [-0.3, -0.25) is 4.68 Å². The standard InChI is InChI=1S/C9H8N2O2S/c1-11-8(6-2-3-14-5-6)7(4-10-11)9(12)13/h2-5H,1H3,(H,12,13). The minimum absolute atomic E-state index is 0.242. The number of hydrogen-bond acceptors (Lipinski definition) is 3. The van der Waals surface area contributed by atoms with Gasteiger partial charge in [-0.1, -0.05) is 0 Å². The Morgan fingerprint density at radius 2 is 2.43 bits per heavy atom. The Labute approximate surface area is 84.4 Å². The molecule has 0 bridgehead atoms. The molecule has 5 heteroatoms. The number of thiophene rings is 1. The van der Waals surface area contributed by atoms with Gasteiger partial charge in [-0.05, 0) is 11.4 Å². The summed E-state index contributed by atoms with van der Waals surface area (Å²) in [5.41, 5.74) is 1.79. The Morgan fingerprint density at radius 1 is 1.64 bits per heavy atom. The molecule has 0 atom stereocenters. The van der Waals surface area contributed by atoms with Crippen LogP contribution in [0.5, 0.6) is 0 Å². The minimum Gasteiger partial charge on any atom is -0.478 e. The van der Waals surface area contributed by atoms with Gasteiger partial charge in [0.1, 0.15) is 5.56 Å². The number of aryl methyl sites for hydroxylation is 1. The average molecular weight is 208 g/mol. The van der Waals surface area contributed by atoms with E-state index < -0.39 is 5.97 Å². The molecule has 0 aliphatic carbocycles. The zero-order valence-corrected chi connectivity index (χ0v) is 8.28. The molecule has 0 aromatic carbocycles. The zero-order valence-electron chi connectivity index (χ0n) is 7.47. The number of carbonyl (C=O) groups is 1. The molecule has 0 fully saturated rings. The molecule has 0 saturated carbocycles. The highest BCUT2D eigenvalue weighted by atomic mass is 32.1. The number of rotatable bonds is 2. The van der Waals surface area contributed by atoms with E-state index >= 15 is 0 Å². The Kier molecular flexibility index (Phi) is 2.09. The lowest BCUT2D eigenvalue weighted by Crippen LogP contribution is -1.99. The highest BCUT2D eigenvalue weighted by Gasteiger charge is 2.16. The molecule has 0 amide bonds. The maximum Gasteiger partial charge on any atom is 0.339 e. The molecule has 0 aliphatic heterocycles. The van der Waals surface area contributed by atoms with Crippen molar-refractivity contribution in [3.8, 4) is 11.3 Å². The van der Waals surface area contributed by atoms with Crippen LogP contribution in [0.1, 0.15) is 10.4 Å². The molecule has 0 aliphatic rings. The highest BCUT2D eigenvalue weighted by Crippen LogP contribution is 2.25. The van der Waals surface area contributed by atoms with E-state index in [1.54, 1.807) is 11.7 Å². The van der Waals surface area contributed by atoms with Gasteiger partial charge in [0.15, 0.2) is 0 Å². The second kappa shape index (κ2) is 3.26. The predicted octanol–water partition coefficient (Wildman–Crippen LogP) is 1.85. The van der Waals surface area contributed by atoms with Gasteiger partial charge in [0, 0.05) is 18.0 Å². The summed E-state index contributed by atoms with van der Waals surface area (Å²) < 4.78 is 1.57. The third-order valence-electron chi connectivity index (χ3n) is 1.96. The van der Waals surface area contributed by atoms with Crippen LogP contribution in [0, 0.1) is 0 Å². The number of aromatic carboxylic acids is 1. The first-order valence-electron chi connectivity index (χ1n) is 3.98. The monoisotopic (exact) mass is 208 g/mol. The van der Waals surface area contributed by atoms with Crippen molar-refractivity contribution in [2.75, 3.05) is 0 Å². The van der Waals surface area contributed by atoms with Crippen molar-refractivity contribution in [1.82, 2.24) is 9.78 Å². The summed E-state index contributed by atoms with van der Waals surface area (Å²) in [6, 6.07) is 1.88. The first-order valence-corrected chi connectivity index (χ1v) is 4.92. The molecule has 1 N–H and O–H groups in total. The van der Waals surface area contributed by atoms with Crippen molar-refractivity contribution in [3.63, 3.8) is 0 Å². The minimum atomic E-state index is -0.945. The topological polar surface area (TPSA) is 55.1 Å². The maximum absolute atomic E-state index is 10.9. The summed E-state index contributed by atoms with van der Waals surface area (Å²) in [7, 11) is 1.74. The van der Waals surface area contributed by atoms with Gasteiger partial charge in [-0.15, -0.1) is 0 Å². The molecule has 2 rings (SSSR count). The quantitative estimate of drug-likeness (QED) is 0.819. The maximum atomic E-state index is 10.9. The van der Waals surface area contributed by atoms with Gasteiger partial charge < -0.3 is 5.11 Å². The van der Waals surface area contributed by atoms with E-state index in [4.69, 9.17) is 5.11 Å². The van der Waals surface area contributed by atoms with Crippen LogP contribution in [0.2, 0.25) is 0 Å². The fourth-order valence-corrected chi connectivity index (χ4v) is 1.98. The fraction of sp³-hybridized carbons (Fsp3) is 0.111. The van der Waals surface area contributed by atoms with Crippen LogP contribution >= 0.6 is 11.3 Å². The summed E-state index contributed by atoms with van der Waals surface area (Å²) in [4.78, 5) is 10.9. The van der Waals surface area contributed by atoms with Gasteiger partial charge >= 0.3 is 5.97 Å². The summed E-state index contributed by atoms with van der Waals surface area (Å²) in [5, 5.41) is 16.7. The van der Waals surface area contributed by atoms with E-state index in [1.807, 2.05) is 16.8 Å². The van der Waals surface area contributed by atoms with E-state index in [0.717, 1.165) is 5.56 Å². The summed E-state index contributed by atoms with van der Waals surface area (Å²) >= 11 is 1.53. The van der Waals surface area contributed by atoms with Crippen LogP contribution < -0.4 is 0 Å². The van der Waals surface area contributed by atoms with Gasteiger partial charge in [-0.2, -0.15) is 16.4 Å². The molecule has 72 valence electrons. The molecule has 2 heterocycles. The van der Waals surface area contributed by atoms with Crippen LogP contribution in [0.25, 0.3) is 11.3 Å². The number of nitrogens with zero attached hydrogens (tertiary/aromatic N) is 2. The Hall–Kier alpha value is -1.62. The van der Waals surface area contributed by atoms with Crippen molar-refractivity contribution < 1.29 is 9.90 Å². The molecule has 0 unspecified atom stereocenters. The second-order valence-electron chi connectivity index (χ2n) is 2.85. The van der Waals surface area contributed by atoms with Gasteiger partial charge in [0.25, 0.3) is 0 Å². The Morgan fingerprint density at radius 3 is 3.00 bits per heavy atom. The van der Waals surface area contributed by atoms with E-state index in [-0.39, 0.29) is 5.56 Å². The number of carboxylic acids is 1. The third-order valence-corrected chi connectivity index (χ3v) is 2.65. The van der Waals surface area contributed by atoms with Crippen molar-refractivity contribution in [2.24, 2.45) is 7.05 Å². The van der Waals surface area contributed by atoms with Crippen molar-refractivity contribution in [1.29, 1.82) is 0 Å². The molecular formula is C9H8N2O2S. The lowest BCUT2D eigenvalue weighted by molar-refractivity contribution is 0.0697. The normalized spacial score (nSPS) is 10.4. The summed E-state index contributed by atoms with van der Waals surface area (Å²) in [5.74, 6) is -0.945. The van der Waals surface area contributed by atoms with Crippen LogP contribution in [-0.2, 0) is 7.05 Å². The Balaban J connectivity index is 2.62. The van der Waals surface area contributed by atoms with Crippen molar-refractivity contribution in [2.45, 2.75) is 0 Å². The van der Waals surface area contributed by atoms with Crippen LogP contribution in [-0.4, -0.2) is 20.9 Å². The molecule has 2 aromatic heterocycles. The van der Waals surface area contributed by atoms with Gasteiger partial charge in [-0.25, -0.2) is 4.79 Å². The fourth-order valence-electron chi connectivity index (χ4n) is 1.34. The first kappa shape index (κ1) is 8.96. The van der Waals surface area contributed by atoms with E-state index in [1.165, 1.54) is 17.5 Å². The molecular weight excluding hydrogens is 200 g/mol. The van der Waals surface area contributed by atoms with Crippen LogP contribution in [0.15, 0.2) is 23.0 Å². The molecule has 0 spiro atoms. The first-order chi connectivity index (χ1) is 6.70. The van der Waals surface area contributed by atoms with Crippen LogP contribution in [0.4, 0.5) is 0 Å².